The summed E-state index contributed by atoms with van der Waals surface area (Å²) >= 11 is 24.3. The summed E-state index contributed by atoms with van der Waals surface area (Å²) in [5.41, 5.74) is 0.492. The molecule has 2 fully saturated rings. The summed E-state index contributed by atoms with van der Waals surface area (Å²) in [5.74, 6) is -2.37. The van der Waals surface area contributed by atoms with E-state index >= 15 is 0 Å². The Labute approximate surface area is 195 Å². The summed E-state index contributed by atoms with van der Waals surface area (Å²) in [6.45, 7) is 1.21. The highest BCUT2D eigenvalue weighted by atomic mass is 35.6. The van der Waals surface area contributed by atoms with Crippen LogP contribution in [0.1, 0.15) is 27.6 Å². The molecule has 4 atom stereocenters. The number of rotatable bonds is 4. The molecule has 7 nitrogen and oxygen atoms in total. The predicted octanol–water partition coefficient (Wildman–Crippen LogP) is 2.85. The van der Waals surface area contributed by atoms with E-state index in [1.54, 1.807) is 19.1 Å². The van der Waals surface area contributed by atoms with Crippen molar-refractivity contribution in [2.45, 2.75) is 32.9 Å². The third-order valence-corrected chi connectivity index (χ3v) is 7.94. The maximum absolute atomic E-state index is 13.0. The first-order chi connectivity index (χ1) is 14.0. The molecule has 12 heteroatoms. The van der Waals surface area contributed by atoms with Crippen molar-refractivity contribution >= 4 is 81.9 Å². The van der Waals surface area contributed by atoms with Crippen molar-refractivity contribution in [3.8, 4) is 0 Å². The lowest BCUT2D eigenvalue weighted by Crippen LogP contribution is -2.71. The van der Waals surface area contributed by atoms with Gasteiger partial charge in [0.25, 0.3) is 17.7 Å². The van der Waals surface area contributed by atoms with Gasteiger partial charge in [0.05, 0.1) is 15.9 Å². The summed E-state index contributed by atoms with van der Waals surface area (Å²) in [5, 5.41) is -0.631. The lowest BCUT2D eigenvalue weighted by atomic mass is 9.95. The zero-order chi connectivity index (χ0) is 22.0. The fourth-order valence-electron chi connectivity index (χ4n) is 3.90. The molecule has 0 bridgehead atoms. The van der Waals surface area contributed by atoms with Gasteiger partial charge in [0.2, 0.25) is 3.79 Å². The molecule has 3 amide bonds. The largest absolute Gasteiger partial charge is 0.460 e. The number of ether oxygens (including phenoxy) is 1. The highest BCUT2D eigenvalue weighted by Crippen LogP contribution is 2.53. The molecule has 4 rings (SSSR count). The Hall–Kier alpha value is -1.19. The highest BCUT2D eigenvalue weighted by Gasteiger charge is 2.68. The number of nitrogens with zero attached hydrogens (tertiary/aromatic N) is 2. The van der Waals surface area contributed by atoms with Gasteiger partial charge in [-0.25, -0.2) is 4.79 Å². The van der Waals surface area contributed by atoms with Crippen molar-refractivity contribution in [2.24, 2.45) is 0 Å². The predicted molar refractivity (Wildman–Crippen MR) is 113 cm³/mol. The number of alkyl halides is 4. The number of fused-ring (bicyclic) bond motifs is 2. The smallest absolute Gasteiger partial charge is 0.330 e. The molecule has 1 aromatic carbocycles. The van der Waals surface area contributed by atoms with Gasteiger partial charge in [0.1, 0.15) is 24.1 Å². The van der Waals surface area contributed by atoms with Gasteiger partial charge in [-0.15, -0.1) is 23.4 Å². The summed E-state index contributed by atoms with van der Waals surface area (Å²) in [6.07, 6.45) is 0. The average Bonchev–Trinajstić information content (AvgIpc) is 3.11. The molecule has 0 radical (unpaired) electrons. The second kappa shape index (κ2) is 7.45. The number of amides is 3. The zero-order valence-corrected chi connectivity index (χ0v) is 19.2. The van der Waals surface area contributed by atoms with E-state index in [9.17, 15) is 19.2 Å². The number of halogens is 4. The first-order valence-electron chi connectivity index (χ1n) is 8.76. The molecule has 0 aliphatic carbocycles. The molecule has 30 heavy (non-hydrogen) atoms. The van der Waals surface area contributed by atoms with Crippen molar-refractivity contribution in [3.05, 3.63) is 35.4 Å². The fourth-order valence-corrected chi connectivity index (χ4v) is 6.06. The Morgan fingerprint density at radius 1 is 1.17 bits per heavy atom. The molecule has 0 spiro atoms. The van der Waals surface area contributed by atoms with Crippen LogP contribution in [-0.2, 0) is 14.3 Å². The zero-order valence-electron chi connectivity index (χ0n) is 15.3. The van der Waals surface area contributed by atoms with Crippen molar-refractivity contribution in [1.82, 2.24) is 9.80 Å². The Balaban J connectivity index is 1.60. The third-order valence-electron chi connectivity index (χ3n) is 5.27. The molecule has 1 aromatic rings. The molecule has 160 valence electrons. The standard InChI is InChI=1S/C18H14Cl4N2O5S/c1-17(6-19)11(16(28)29-7-18(20,21)22)24-14(27)10(15(24)30-17)23-12(25)8-4-2-3-5-9(8)13(23)26/h2-5,10-11,15H,6-7H2,1H3. The van der Waals surface area contributed by atoms with E-state index in [2.05, 4.69) is 0 Å². The lowest BCUT2D eigenvalue weighted by Gasteiger charge is -2.46. The van der Waals surface area contributed by atoms with Crippen LogP contribution in [0, 0.1) is 0 Å². The number of carbonyl (C=O) groups is 4. The van der Waals surface area contributed by atoms with E-state index in [1.807, 2.05) is 0 Å². The molecule has 3 heterocycles. The maximum Gasteiger partial charge on any atom is 0.330 e. The Morgan fingerprint density at radius 3 is 2.23 bits per heavy atom. The Bertz CT molecular complexity index is 935. The van der Waals surface area contributed by atoms with E-state index in [0.29, 0.717) is 0 Å². The summed E-state index contributed by atoms with van der Waals surface area (Å²) in [7, 11) is 0. The highest BCUT2D eigenvalue weighted by molar-refractivity contribution is 8.01. The average molecular weight is 512 g/mol. The van der Waals surface area contributed by atoms with Gasteiger partial charge in [-0.2, -0.15) is 0 Å². The van der Waals surface area contributed by atoms with Gasteiger partial charge >= 0.3 is 5.97 Å². The maximum atomic E-state index is 13.0. The van der Waals surface area contributed by atoms with Crippen LogP contribution in [0.4, 0.5) is 0 Å². The second-order valence-electron chi connectivity index (χ2n) is 7.30. The van der Waals surface area contributed by atoms with Gasteiger partial charge in [-0.3, -0.25) is 19.3 Å². The molecule has 3 aliphatic heterocycles. The van der Waals surface area contributed by atoms with Crippen molar-refractivity contribution in [3.63, 3.8) is 0 Å². The first-order valence-corrected chi connectivity index (χ1v) is 11.3. The minimum Gasteiger partial charge on any atom is -0.460 e. The van der Waals surface area contributed by atoms with Crippen LogP contribution >= 0.6 is 58.2 Å². The minimum absolute atomic E-state index is 0.0142. The molecule has 2 saturated heterocycles. The fraction of sp³-hybridized carbons (Fsp3) is 0.444. The van der Waals surface area contributed by atoms with Crippen molar-refractivity contribution in [1.29, 1.82) is 0 Å². The molecular weight excluding hydrogens is 498 g/mol. The number of hydrogen-bond acceptors (Lipinski definition) is 6. The van der Waals surface area contributed by atoms with E-state index in [4.69, 9.17) is 51.1 Å². The molecule has 0 N–H and O–H groups in total. The SMILES string of the molecule is CC1(CCl)SC2C(N3C(=O)c4ccccc4C3=O)C(=O)N2C1C(=O)OCC(Cl)(Cl)Cl. The van der Waals surface area contributed by atoms with Crippen molar-refractivity contribution < 1.29 is 23.9 Å². The molecular formula is C18H14Cl4N2O5S. The second-order valence-corrected chi connectivity index (χ2v) is 11.7. The molecule has 0 saturated carbocycles. The van der Waals surface area contributed by atoms with Crippen LogP contribution in [0.15, 0.2) is 24.3 Å². The third kappa shape index (κ3) is 3.28. The summed E-state index contributed by atoms with van der Waals surface area (Å²) in [4.78, 5) is 53.6. The van der Waals surface area contributed by atoms with E-state index in [1.165, 1.54) is 28.8 Å². The molecule has 4 unspecified atom stereocenters. The number of esters is 1. The normalized spacial score (nSPS) is 30.3. The van der Waals surface area contributed by atoms with E-state index in [-0.39, 0.29) is 17.0 Å². The monoisotopic (exact) mass is 510 g/mol. The number of imide groups is 1. The summed E-state index contributed by atoms with van der Waals surface area (Å²) in [6, 6.07) is 4.30. The number of benzene rings is 1. The Morgan fingerprint density at radius 2 is 1.73 bits per heavy atom. The number of thioether (sulfide) groups is 1. The van der Waals surface area contributed by atoms with Crippen LogP contribution in [-0.4, -0.2) is 72.0 Å². The van der Waals surface area contributed by atoms with Crippen LogP contribution in [0.5, 0.6) is 0 Å². The topological polar surface area (TPSA) is 84.0 Å². The van der Waals surface area contributed by atoms with E-state index in [0.717, 1.165) is 4.90 Å². The Kier molecular flexibility index (Phi) is 5.47. The van der Waals surface area contributed by atoms with Gasteiger partial charge in [-0.05, 0) is 19.1 Å². The summed E-state index contributed by atoms with van der Waals surface area (Å²) < 4.78 is 2.37. The lowest BCUT2D eigenvalue weighted by molar-refractivity contribution is -0.165. The molecule has 0 aromatic heterocycles. The number of hydrogen-bond donors (Lipinski definition) is 0. The number of β-lactam (4-membered cyclic amide) rings is 1. The quantitative estimate of drug-likeness (QED) is 0.267. The van der Waals surface area contributed by atoms with E-state index < -0.39 is 56.3 Å². The van der Waals surface area contributed by atoms with Gasteiger partial charge in [-0.1, -0.05) is 46.9 Å². The van der Waals surface area contributed by atoms with Crippen LogP contribution in [0.2, 0.25) is 0 Å². The van der Waals surface area contributed by atoms with Gasteiger partial charge in [0, 0.05) is 5.88 Å². The first kappa shape index (κ1) is 22.0. The number of carbonyl (C=O) groups excluding carboxylic acids is 4. The van der Waals surface area contributed by atoms with Gasteiger partial charge in [0.15, 0.2) is 0 Å². The van der Waals surface area contributed by atoms with Crippen LogP contribution in [0.3, 0.4) is 0 Å². The molecule has 3 aliphatic rings. The van der Waals surface area contributed by atoms with Gasteiger partial charge < -0.3 is 9.64 Å². The van der Waals surface area contributed by atoms with Crippen LogP contribution < -0.4 is 0 Å². The van der Waals surface area contributed by atoms with Crippen LogP contribution in [0.25, 0.3) is 0 Å². The minimum atomic E-state index is -1.81. The van der Waals surface area contributed by atoms with Crippen molar-refractivity contribution in [2.75, 3.05) is 12.5 Å².